The highest BCUT2D eigenvalue weighted by Crippen LogP contribution is 2.44. The molecular weight excluding hydrogens is 440 g/mol. The number of aliphatic carboxylic acids is 1. The summed E-state index contributed by atoms with van der Waals surface area (Å²) in [5.74, 6) is -0.197. The minimum Gasteiger partial charge on any atom is -0.481 e. The highest BCUT2D eigenvalue weighted by molar-refractivity contribution is 7.99. The summed E-state index contributed by atoms with van der Waals surface area (Å²) in [6.45, 7) is 3.11. The van der Waals surface area contributed by atoms with Crippen molar-refractivity contribution in [3.05, 3.63) is 59.7 Å². The predicted molar refractivity (Wildman–Crippen MR) is 129 cm³/mol. The molecule has 8 heteroatoms. The van der Waals surface area contributed by atoms with Crippen LogP contribution in [0.4, 0.5) is 4.79 Å². The molecule has 0 radical (unpaired) electrons. The summed E-state index contributed by atoms with van der Waals surface area (Å²) in [4.78, 5) is 34.6. The number of carbonyl (C=O) groups is 3. The second-order valence-corrected chi connectivity index (χ2v) is 9.25. The van der Waals surface area contributed by atoms with E-state index in [4.69, 9.17) is 9.84 Å². The zero-order valence-corrected chi connectivity index (χ0v) is 19.5. The van der Waals surface area contributed by atoms with E-state index in [0.29, 0.717) is 31.7 Å². The molecule has 1 aliphatic rings. The SMILES string of the molecule is CC(CCNC(=O)OCC1c2ccccc2-c2ccccc21)CC(=O)NCCSCC(=O)O. The molecule has 1 aliphatic carbocycles. The number of carboxylic acid groups (broad SMARTS) is 1. The van der Waals surface area contributed by atoms with Crippen LogP contribution in [-0.2, 0) is 14.3 Å². The van der Waals surface area contributed by atoms with Crippen LogP contribution < -0.4 is 10.6 Å². The second kappa shape index (κ2) is 12.3. The van der Waals surface area contributed by atoms with E-state index in [1.165, 1.54) is 34.0 Å². The van der Waals surface area contributed by atoms with Crippen LogP contribution in [0.15, 0.2) is 48.5 Å². The number of hydrogen-bond acceptors (Lipinski definition) is 5. The first-order valence-electron chi connectivity index (χ1n) is 11.1. The number of alkyl carbamates (subject to hydrolysis) is 1. The predicted octanol–water partition coefficient (Wildman–Crippen LogP) is 3.88. The number of rotatable bonds is 12. The molecule has 2 amide bonds. The van der Waals surface area contributed by atoms with Gasteiger partial charge in [0.15, 0.2) is 0 Å². The molecule has 0 fully saturated rings. The third-order valence-electron chi connectivity index (χ3n) is 5.58. The Balaban J connectivity index is 1.34. The van der Waals surface area contributed by atoms with Crippen molar-refractivity contribution in [1.29, 1.82) is 0 Å². The van der Waals surface area contributed by atoms with Gasteiger partial charge < -0.3 is 20.5 Å². The fourth-order valence-corrected chi connectivity index (χ4v) is 4.55. The fourth-order valence-electron chi connectivity index (χ4n) is 3.98. The Morgan fingerprint density at radius 3 is 2.27 bits per heavy atom. The number of amides is 2. The van der Waals surface area contributed by atoms with E-state index in [0.717, 1.165) is 0 Å². The molecule has 0 heterocycles. The second-order valence-electron chi connectivity index (χ2n) is 8.15. The molecule has 0 spiro atoms. The van der Waals surface area contributed by atoms with Crippen molar-refractivity contribution in [2.45, 2.75) is 25.7 Å². The van der Waals surface area contributed by atoms with Crippen LogP contribution in [0.1, 0.15) is 36.8 Å². The number of nitrogens with one attached hydrogen (secondary N) is 2. The van der Waals surface area contributed by atoms with Gasteiger partial charge in [-0.15, -0.1) is 11.8 Å². The molecule has 3 rings (SSSR count). The van der Waals surface area contributed by atoms with Crippen molar-refractivity contribution in [2.24, 2.45) is 5.92 Å². The first-order valence-corrected chi connectivity index (χ1v) is 12.3. The van der Waals surface area contributed by atoms with Crippen LogP contribution in [0, 0.1) is 5.92 Å². The third-order valence-corrected chi connectivity index (χ3v) is 6.52. The lowest BCUT2D eigenvalue weighted by Crippen LogP contribution is -2.30. The third kappa shape index (κ3) is 7.25. The summed E-state index contributed by atoms with van der Waals surface area (Å²) in [6.07, 6.45) is 0.561. The summed E-state index contributed by atoms with van der Waals surface area (Å²) in [6, 6.07) is 16.4. The number of benzene rings is 2. The molecule has 2 aromatic carbocycles. The maximum atomic E-state index is 12.2. The fraction of sp³-hybridized carbons (Fsp3) is 0.400. The summed E-state index contributed by atoms with van der Waals surface area (Å²) in [5, 5.41) is 14.1. The maximum Gasteiger partial charge on any atom is 0.407 e. The Hall–Kier alpha value is -3.00. The maximum absolute atomic E-state index is 12.2. The summed E-state index contributed by atoms with van der Waals surface area (Å²) in [5.41, 5.74) is 4.73. The van der Waals surface area contributed by atoms with Crippen molar-refractivity contribution in [2.75, 3.05) is 31.2 Å². The van der Waals surface area contributed by atoms with Gasteiger partial charge in [-0.05, 0) is 34.6 Å². The lowest BCUT2D eigenvalue weighted by molar-refractivity contribution is -0.133. The largest absolute Gasteiger partial charge is 0.481 e. The van der Waals surface area contributed by atoms with Crippen LogP contribution in [0.5, 0.6) is 0 Å². The van der Waals surface area contributed by atoms with Crippen LogP contribution in [0.3, 0.4) is 0 Å². The number of hydrogen-bond donors (Lipinski definition) is 3. The highest BCUT2D eigenvalue weighted by Gasteiger charge is 2.28. The van der Waals surface area contributed by atoms with Crippen LogP contribution in [0.25, 0.3) is 11.1 Å². The number of carbonyl (C=O) groups excluding carboxylic acids is 2. The van der Waals surface area contributed by atoms with Gasteiger partial charge in [0.1, 0.15) is 6.61 Å². The Labute approximate surface area is 198 Å². The van der Waals surface area contributed by atoms with Gasteiger partial charge in [-0.1, -0.05) is 55.5 Å². The Bertz CT molecular complexity index is 935. The van der Waals surface area contributed by atoms with E-state index in [2.05, 4.69) is 34.9 Å². The molecule has 0 saturated carbocycles. The first kappa shape index (κ1) is 24.6. The Kier molecular flexibility index (Phi) is 9.18. The first-order chi connectivity index (χ1) is 16.0. The molecule has 176 valence electrons. The topological polar surface area (TPSA) is 105 Å². The van der Waals surface area contributed by atoms with Crippen molar-refractivity contribution in [1.82, 2.24) is 10.6 Å². The van der Waals surface area contributed by atoms with E-state index in [-0.39, 0.29) is 30.1 Å². The van der Waals surface area contributed by atoms with Crippen LogP contribution in [0.2, 0.25) is 0 Å². The average molecular weight is 471 g/mol. The highest BCUT2D eigenvalue weighted by atomic mass is 32.2. The Morgan fingerprint density at radius 1 is 1.00 bits per heavy atom. The zero-order chi connectivity index (χ0) is 23.6. The number of carboxylic acids is 1. The van der Waals surface area contributed by atoms with Crippen molar-refractivity contribution >= 4 is 29.7 Å². The van der Waals surface area contributed by atoms with Gasteiger partial charge in [-0.25, -0.2) is 4.79 Å². The van der Waals surface area contributed by atoms with Gasteiger partial charge in [-0.3, -0.25) is 9.59 Å². The van der Waals surface area contributed by atoms with E-state index < -0.39 is 12.1 Å². The molecule has 1 atom stereocenters. The number of thioether (sulfide) groups is 1. The number of fused-ring (bicyclic) bond motifs is 3. The van der Waals surface area contributed by atoms with Gasteiger partial charge in [0.25, 0.3) is 0 Å². The van der Waals surface area contributed by atoms with Crippen molar-refractivity contribution in [3.63, 3.8) is 0 Å². The molecule has 33 heavy (non-hydrogen) atoms. The number of ether oxygens (including phenoxy) is 1. The monoisotopic (exact) mass is 470 g/mol. The summed E-state index contributed by atoms with van der Waals surface area (Å²) >= 11 is 1.27. The van der Waals surface area contributed by atoms with Crippen LogP contribution >= 0.6 is 11.8 Å². The normalized spacial score (nSPS) is 13.0. The van der Waals surface area contributed by atoms with E-state index in [9.17, 15) is 14.4 Å². The van der Waals surface area contributed by atoms with Gasteiger partial charge in [-0.2, -0.15) is 0 Å². The van der Waals surface area contributed by atoms with Gasteiger partial charge in [0.05, 0.1) is 5.75 Å². The van der Waals surface area contributed by atoms with Crippen LogP contribution in [-0.4, -0.2) is 54.3 Å². The van der Waals surface area contributed by atoms with Gasteiger partial charge in [0, 0.05) is 31.2 Å². The Morgan fingerprint density at radius 2 is 1.64 bits per heavy atom. The molecule has 2 aromatic rings. The molecule has 1 unspecified atom stereocenters. The summed E-state index contributed by atoms with van der Waals surface area (Å²) in [7, 11) is 0. The van der Waals surface area contributed by atoms with Crippen molar-refractivity contribution < 1.29 is 24.2 Å². The molecular formula is C25H30N2O5S. The molecule has 0 aliphatic heterocycles. The lowest BCUT2D eigenvalue weighted by atomic mass is 9.98. The van der Waals surface area contributed by atoms with E-state index >= 15 is 0 Å². The molecule has 0 saturated heterocycles. The van der Waals surface area contributed by atoms with Gasteiger partial charge in [0.2, 0.25) is 5.91 Å². The van der Waals surface area contributed by atoms with Crippen molar-refractivity contribution in [3.8, 4) is 11.1 Å². The summed E-state index contributed by atoms with van der Waals surface area (Å²) < 4.78 is 5.52. The average Bonchev–Trinajstić information content (AvgIpc) is 3.11. The smallest absolute Gasteiger partial charge is 0.407 e. The molecule has 0 aromatic heterocycles. The van der Waals surface area contributed by atoms with E-state index in [1.54, 1.807) is 0 Å². The lowest BCUT2D eigenvalue weighted by Gasteiger charge is -2.15. The zero-order valence-electron chi connectivity index (χ0n) is 18.7. The molecule has 3 N–H and O–H groups in total. The molecule has 7 nitrogen and oxygen atoms in total. The van der Waals surface area contributed by atoms with E-state index in [1.807, 2.05) is 31.2 Å². The minimum absolute atomic E-state index is 0.0273. The quantitative estimate of drug-likeness (QED) is 0.407. The van der Waals surface area contributed by atoms with Gasteiger partial charge >= 0.3 is 12.1 Å². The minimum atomic E-state index is -0.858. The molecule has 0 bridgehead atoms. The standard InChI is InChI=1S/C25H30N2O5S/c1-17(14-23(28)26-12-13-33-16-24(29)30)10-11-27-25(31)32-15-22-20-8-4-2-6-18(20)19-7-3-5-9-21(19)22/h2-9,17,22H,10-16H2,1H3,(H,26,28)(H,27,31)(H,29,30).